The zero-order chi connectivity index (χ0) is 17.4. The average Bonchev–Trinajstić information content (AvgIpc) is 3.12. The molecule has 0 saturated heterocycles. The van der Waals surface area contributed by atoms with Crippen molar-refractivity contribution in [1.82, 2.24) is 9.97 Å². The molecule has 1 aromatic carbocycles. The number of nitrogens with zero attached hydrogens (tertiary/aromatic N) is 2. The second-order valence-electron chi connectivity index (χ2n) is 5.52. The number of hydrogen-bond donors (Lipinski definition) is 1. The van der Waals surface area contributed by atoms with E-state index in [1.165, 1.54) is 23.5 Å². The first-order valence-electron chi connectivity index (χ1n) is 7.29. The van der Waals surface area contributed by atoms with Gasteiger partial charge in [-0.15, -0.1) is 11.3 Å². The van der Waals surface area contributed by atoms with Crippen molar-refractivity contribution in [2.45, 2.75) is 20.8 Å². The van der Waals surface area contributed by atoms with Gasteiger partial charge in [-0.2, -0.15) is 0 Å². The molecule has 0 spiro atoms. The van der Waals surface area contributed by atoms with Crippen LogP contribution in [0.5, 0.6) is 0 Å². The van der Waals surface area contributed by atoms with Crippen molar-refractivity contribution in [3.8, 4) is 22.0 Å². The minimum atomic E-state index is -0.425. The van der Waals surface area contributed by atoms with E-state index in [0.717, 1.165) is 33.2 Å². The molecular weight excluding hydrogens is 326 g/mol. The molecule has 0 fully saturated rings. The molecular formula is C17H15N3O3S. The number of thiazole rings is 1. The number of nitro groups is 1. The highest BCUT2D eigenvalue weighted by Gasteiger charge is 2.18. The molecule has 0 saturated carbocycles. The minimum absolute atomic E-state index is 0.0262. The van der Waals surface area contributed by atoms with Crippen molar-refractivity contribution in [2.24, 2.45) is 0 Å². The third-order valence-corrected chi connectivity index (χ3v) is 4.77. The number of carbonyl (C=O) groups excluding carboxylic acids is 1. The fourth-order valence-electron chi connectivity index (χ4n) is 2.78. The Balaban J connectivity index is 1.98. The van der Waals surface area contributed by atoms with Crippen LogP contribution in [0.3, 0.4) is 0 Å². The van der Waals surface area contributed by atoms with Gasteiger partial charge in [0.1, 0.15) is 5.01 Å². The molecule has 0 amide bonds. The number of non-ortho nitro benzene ring substituents is 1. The van der Waals surface area contributed by atoms with Gasteiger partial charge in [0, 0.05) is 34.3 Å². The lowest BCUT2D eigenvalue weighted by Gasteiger charge is -1.98. The zero-order valence-corrected chi connectivity index (χ0v) is 14.2. The first-order chi connectivity index (χ1) is 11.4. The van der Waals surface area contributed by atoms with E-state index in [-0.39, 0.29) is 11.5 Å². The van der Waals surface area contributed by atoms with Gasteiger partial charge in [0.25, 0.3) is 5.69 Å². The number of carbonyl (C=O) groups is 1. The molecule has 0 bridgehead atoms. The number of ketones is 1. The van der Waals surface area contributed by atoms with Crippen LogP contribution in [-0.4, -0.2) is 20.7 Å². The second-order valence-corrected chi connectivity index (χ2v) is 6.38. The summed E-state index contributed by atoms with van der Waals surface area (Å²) in [6.07, 6.45) is 0. The molecule has 3 aromatic rings. The molecule has 6 nitrogen and oxygen atoms in total. The first kappa shape index (κ1) is 16.1. The SMILES string of the molecule is CC(=O)c1c(C)[nH]c(-c2csc(-c3ccc([N+](=O)[O-])cc3)n2)c1C. The molecule has 24 heavy (non-hydrogen) atoms. The van der Waals surface area contributed by atoms with Crippen LogP contribution in [0.1, 0.15) is 28.5 Å². The van der Waals surface area contributed by atoms with Crippen LogP contribution in [0.15, 0.2) is 29.6 Å². The summed E-state index contributed by atoms with van der Waals surface area (Å²) in [5.41, 5.74) is 4.90. The number of aromatic amines is 1. The Labute approximate surface area is 142 Å². The number of rotatable bonds is 4. The van der Waals surface area contributed by atoms with Crippen LogP contribution in [0.25, 0.3) is 22.0 Å². The van der Waals surface area contributed by atoms with Crippen molar-refractivity contribution in [1.29, 1.82) is 0 Å². The van der Waals surface area contributed by atoms with Gasteiger partial charge in [0.15, 0.2) is 5.78 Å². The number of benzene rings is 1. The molecule has 122 valence electrons. The first-order valence-corrected chi connectivity index (χ1v) is 8.17. The van der Waals surface area contributed by atoms with E-state index in [0.29, 0.717) is 5.56 Å². The smallest absolute Gasteiger partial charge is 0.269 e. The van der Waals surface area contributed by atoms with E-state index in [1.54, 1.807) is 19.1 Å². The third kappa shape index (κ3) is 2.74. The molecule has 0 unspecified atom stereocenters. The summed E-state index contributed by atoms with van der Waals surface area (Å²) < 4.78 is 0. The van der Waals surface area contributed by atoms with Crippen LogP contribution in [0, 0.1) is 24.0 Å². The van der Waals surface area contributed by atoms with Crippen molar-refractivity contribution in [3.05, 3.63) is 56.6 Å². The fraction of sp³-hybridized carbons (Fsp3) is 0.176. The van der Waals surface area contributed by atoms with Gasteiger partial charge in [0.2, 0.25) is 0 Å². The number of aryl methyl sites for hydroxylation is 1. The Kier molecular flexibility index (Phi) is 4.02. The van der Waals surface area contributed by atoms with Crippen LogP contribution >= 0.6 is 11.3 Å². The highest BCUT2D eigenvalue weighted by Crippen LogP contribution is 2.32. The van der Waals surface area contributed by atoms with Crippen molar-refractivity contribution in [2.75, 3.05) is 0 Å². The number of aromatic nitrogens is 2. The summed E-state index contributed by atoms with van der Waals surface area (Å²) in [4.78, 5) is 29.9. The summed E-state index contributed by atoms with van der Waals surface area (Å²) in [6.45, 7) is 5.33. The van der Waals surface area contributed by atoms with Gasteiger partial charge in [-0.3, -0.25) is 14.9 Å². The van der Waals surface area contributed by atoms with Gasteiger partial charge < -0.3 is 4.98 Å². The number of hydrogen-bond acceptors (Lipinski definition) is 5. The number of H-pyrrole nitrogens is 1. The van der Waals surface area contributed by atoms with Crippen molar-refractivity contribution in [3.63, 3.8) is 0 Å². The highest BCUT2D eigenvalue weighted by molar-refractivity contribution is 7.13. The predicted octanol–water partition coefficient (Wildman–Crippen LogP) is 4.53. The standard InChI is InChI=1S/C17H15N3O3S/c1-9-15(11(3)21)10(2)18-16(9)14-8-24-17(19-14)12-4-6-13(7-5-12)20(22)23/h4-8,18H,1-3H3. The molecule has 2 aromatic heterocycles. The Bertz CT molecular complexity index is 939. The lowest BCUT2D eigenvalue weighted by atomic mass is 10.1. The number of nitro benzene ring substituents is 1. The lowest BCUT2D eigenvalue weighted by molar-refractivity contribution is -0.384. The molecule has 3 rings (SSSR count). The van der Waals surface area contributed by atoms with Crippen molar-refractivity contribution < 1.29 is 9.72 Å². The monoisotopic (exact) mass is 341 g/mol. The molecule has 2 heterocycles. The summed E-state index contributed by atoms with van der Waals surface area (Å²) in [5.74, 6) is 0.0262. The van der Waals surface area contributed by atoms with Gasteiger partial charge in [-0.1, -0.05) is 0 Å². The van der Waals surface area contributed by atoms with Gasteiger partial charge in [-0.25, -0.2) is 4.98 Å². The van der Waals surface area contributed by atoms with Gasteiger partial charge in [-0.05, 0) is 38.5 Å². The van der Waals surface area contributed by atoms with E-state index in [2.05, 4.69) is 9.97 Å². The summed E-state index contributed by atoms with van der Waals surface area (Å²) in [5, 5.41) is 13.4. The molecule has 0 aliphatic heterocycles. The van der Waals surface area contributed by atoms with Crippen LogP contribution in [0.4, 0.5) is 5.69 Å². The molecule has 0 atom stereocenters. The van der Waals surface area contributed by atoms with E-state index in [9.17, 15) is 14.9 Å². The maximum Gasteiger partial charge on any atom is 0.269 e. The quantitative estimate of drug-likeness (QED) is 0.429. The van der Waals surface area contributed by atoms with Gasteiger partial charge in [0.05, 0.1) is 16.3 Å². The van der Waals surface area contributed by atoms with E-state index in [4.69, 9.17) is 0 Å². The van der Waals surface area contributed by atoms with Crippen LogP contribution < -0.4 is 0 Å². The van der Waals surface area contributed by atoms with Crippen LogP contribution in [0.2, 0.25) is 0 Å². The Morgan fingerprint density at radius 2 is 1.92 bits per heavy atom. The predicted molar refractivity (Wildman–Crippen MR) is 93.5 cm³/mol. The molecule has 0 aliphatic rings. The molecule has 7 heteroatoms. The second kappa shape index (κ2) is 6.01. The molecule has 0 radical (unpaired) electrons. The fourth-order valence-corrected chi connectivity index (χ4v) is 3.60. The number of Topliss-reactive ketones (excluding diaryl/α,β-unsaturated/α-hetero) is 1. The Morgan fingerprint density at radius 3 is 2.46 bits per heavy atom. The topological polar surface area (TPSA) is 88.9 Å². The maximum absolute atomic E-state index is 11.8. The summed E-state index contributed by atoms with van der Waals surface area (Å²) in [7, 11) is 0. The van der Waals surface area contributed by atoms with E-state index in [1.807, 2.05) is 19.2 Å². The zero-order valence-electron chi connectivity index (χ0n) is 13.4. The molecule has 0 aliphatic carbocycles. The normalized spacial score (nSPS) is 10.8. The lowest BCUT2D eigenvalue weighted by Crippen LogP contribution is -1.94. The van der Waals surface area contributed by atoms with Gasteiger partial charge >= 0.3 is 0 Å². The number of nitrogens with one attached hydrogen (secondary N) is 1. The third-order valence-electron chi connectivity index (χ3n) is 3.87. The molecule has 1 N–H and O–H groups in total. The Morgan fingerprint density at radius 1 is 1.25 bits per heavy atom. The summed E-state index contributed by atoms with van der Waals surface area (Å²) in [6, 6.07) is 6.31. The maximum atomic E-state index is 11.8. The Hall–Kier alpha value is -2.80. The highest BCUT2D eigenvalue weighted by atomic mass is 32.1. The van der Waals surface area contributed by atoms with E-state index >= 15 is 0 Å². The van der Waals surface area contributed by atoms with Crippen LogP contribution in [-0.2, 0) is 0 Å². The minimum Gasteiger partial charge on any atom is -0.356 e. The summed E-state index contributed by atoms with van der Waals surface area (Å²) >= 11 is 1.46. The van der Waals surface area contributed by atoms with Crippen molar-refractivity contribution >= 4 is 22.8 Å². The largest absolute Gasteiger partial charge is 0.356 e. The van der Waals surface area contributed by atoms with E-state index < -0.39 is 4.92 Å². The average molecular weight is 341 g/mol.